The zero-order valence-electron chi connectivity index (χ0n) is 15.5. The molecule has 28 heavy (non-hydrogen) atoms. The van der Waals surface area contributed by atoms with Gasteiger partial charge in [0.05, 0.1) is 6.61 Å². The first-order valence-corrected chi connectivity index (χ1v) is 9.00. The highest BCUT2D eigenvalue weighted by Crippen LogP contribution is 2.18. The SMILES string of the molecule is CCOc1ccc(Nc2ccc(C(=O)NCCc3ccc(F)cc3)nn2)cc1. The molecule has 0 atom stereocenters. The van der Waals surface area contributed by atoms with Crippen molar-refractivity contribution in [1.82, 2.24) is 15.5 Å². The van der Waals surface area contributed by atoms with Gasteiger partial charge in [0, 0.05) is 12.2 Å². The van der Waals surface area contributed by atoms with E-state index in [2.05, 4.69) is 20.8 Å². The van der Waals surface area contributed by atoms with Gasteiger partial charge in [0.2, 0.25) is 0 Å². The summed E-state index contributed by atoms with van der Waals surface area (Å²) < 4.78 is 18.3. The molecule has 0 spiro atoms. The molecule has 0 aliphatic rings. The first-order valence-electron chi connectivity index (χ1n) is 9.00. The van der Waals surface area contributed by atoms with E-state index in [0.29, 0.717) is 25.4 Å². The van der Waals surface area contributed by atoms with E-state index in [1.165, 1.54) is 12.1 Å². The Balaban J connectivity index is 1.50. The average Bonchev–Trinajstić information content (AvgIpc) is 2.72. The first-order chi connectivity index (χ1) is 13.6. The van der Waals surface area contributed by atoms with Crippen LogP contribution in [0.25, 0.3) is 0 Å². The Bertz CT molecular complexity index is 897. The van der Waals surface area contributed by atoms with E-state index in [1.807, 2.05) is 31.2 Å². The molecule has 0 saturated heterocycles. The van der Waals surface area contributed by atoms with Crippen molar-refractivity contribution in [2.45, 2.75) is 13.3 Å². The van der Waals surface area contributed by atoms with Gasteiger partial charge in [-0.05, 0) is 67.4 Å². The number of anilines is 2. The lowest BCUT2D eigenvalue weighted by Gasteiger charge is -2.08. The highest BCUT2D eigenvalue weighted by atomic mass is 19.1. The van der Waals surface area contributed by atoms with Crippen LogP contribution >= 0.6 is 0 Å². The summed E-state index contributed by atoms with van der Waals surface area (Å²) >= 11 is 0. The summed E-state index contributed by atoms with van der Waals surface area (Å²) in [6, 6.07) is 17.0. The van der Waals surface area contributed by atoms with Gasteiger partial charge in [-0.2, -0.15) is 0 Å². The lowest BCUT2D eigenvalue weighted by Crippen LogP contribution is -2.26. The number of benzene rings is 2. The molecule has 0 radical (unpaired) electrons. The van der Waals surface area contributed by atoms with Crippen LogP contribution in [0.2, 0.25) is 0 Å². The zero-order chi connectivity index (χ0) is 19.8. The summed E-state index contributed by atoms with van der Waals surface area (Å²) in [6.45, 7) is 2.98. The third-order valence-corrected chi connectivity index (χ3v) is 3.95. The van der Waals surface area contributed by atoms with Gasteiger partial charge < -0.3 is 15.4 Å². The monoisotopic (exact) mass is 380 g/mol. The predicted octanol–water partition coefficient (Wildman–Crippen LogP) is 3.73. The van der Waals surface area contributed by atoms with E-state index < -0.39 is 0 Å². The molecule has 144 valence electrons. The summed E-state index contributed by atoms with van der Waals surface area (Å²) in [4.78, 5) is 12.1. The molecule has 2 aromatic carbocycles. The third kappa shape index (κ3) is 5.51. The number of hydrogen-bond acceptors (Lipinski definition) is 5. The minimum absolute atomic E-state index is 0.233. The maximum Gasteiger partial charge on any atom is 0.271 e. The van der Waals surface area contributed by atoms with Gasteiger partial charge in [-0.25, -0.2) is 4.39 Å². The standard InChI is InChI=1S/C21H21FN4O2/c1-2-28-18-9-7-17(8-10-18)24-20-12-11-19(25-26-20)21(27)23-14-13-15-3-5-16(22)6-4-15/h3-12H,2,13-14H2,1H3,(H,23,27)(H,24,26). The number of carbonyl (C=O) groups is 1. The molecule has 0 aliphatic heterocycles. The van der Waals surface area contributed by atoms with E-state index in [1.54, 1.807) is 24.3 Å². The van der Waals surface area contributed by atoms with Crippen LogP contribution in [0, 0.1) is 5.82 Å². The molecule has 7 heteroatoms. The Labute approximate surface area is 162 Å². The van der Waals surface area contributed by atoms with Crippen LogP contribution in [0.5, 0.6) is 5.75 Å². The molecule has 1 heterocycles. The van der Waals surface area contributed by atoms with Crippen molar-refractivity contribution in [3.05, 3.63) is 77.7 Å². The fourth-order valence-electron chi connectivity index (χ4n) is 2.53. The number of halogens is 1. The normalized spacial score (nSPS) is 10.4. The summed E-state index contributed by atoms with van der Waals surface area (Å²) in [6.07, 6.45) is 0.608. The van der Waals surface area contributed by atoms with Gasteiger partial charge in [0.15, 0.2) is 11.5 Å². The topological polar surface area (TPSA) is 76.1 Å². The molecule has 3 rings (SSSR count). The number of carbonyl (C=O) groups excluding carboxylic acids is 1. The van der Waals surface area contributed by atoms with Crippen LogP contribution in [-0.2, 0) is 6.42 Å². The summed E-state index contributed by atoms with van der Waals surface area (Å²) in [5, 5.41) is 13.9. The summed E-state index contributed by atoms with van der Waals surface area (Å²) in [7, 11) is 0. The Morgan fingerprint density at radius 3 is 2.39 bits per heavy atom. The van der Waals surface area contributed by atoms with Crippen LogP contribution in [0.1, 0.15) is 23.0 Å². The average molecular weight is 380 g/mol. The number of amides is 1. The van der Waals surface area contributed by atoms with E-state index in [9.17, 15) is 9.18 Å². The van der Waals surface area contributed by atoms with Crippen molar-refractivity contribution < 1.29 is 13.9 Å². The second-order valence-corrected chi connectivity index (χ2v) is 6.02. The molecule has 0 saturated carbocycles. The van der Waals surface area contributed by atoms with E-state index in [0.717, 1.165) is 17.0 Å². The van der Waals surface area contributed by atoms with E-state index >= 15 is 0 Å². The maximum atomic E-state index is 12.9. The van der Waals surface area contributed by atoms with E-state index in [-0.39, 0.29) is 17.4 Å². The van der Waals surface area contributed by atoms with Crippen LogP contribution in [0.15, 0.2) is 60.7 Å². The molecule has 6 nitrogen and oxygen atoms in total. The van der Waals surface area contributed by atoms with Crippen molar-refractivity contribution >= 4 is 17.4 Å². The fourth-order valence-corrected chi connectivity index (χ4v) is 2.53. The number of hydrogen-bond donors (Lipinski definition) is 2. The number of rotatable bonds is 8. The van der Waals surface area contributed by atoms with Gasteiger partial charge in [-0.1, -0.05) is 12.1 Å². The van der Waals surface area contributed by atoms with Crippen LogP contribution < -0.4 is 15.4 Å². The smallest absolute Gasteiger partial charge is 0.271 e. The molecule has 0 fully saturated rings. The number of aromatic nitrogens is 2. The maximum absolute atomic E-state index is 12.9. The van der Waals surface area contributed by atoms with Gasteiger partial charge in [0.25, 0.3) is 5.91 Å². The number of nitrogens with one attached hydrogen (secondary N) is 2. The molecular weight excluding hydrogens is 359 g/mol. The van der Waals surface area contributed by atoms with Gasteiger partial charge in [0.1, 0.15) is 11.6 Å². The molecular formula is C21H21FN4O2. The molecule has 0 unspecified atom stereocenters. The van der Waals surface area contributed by atoms with E-state index in [4.69, 9.17) is 4.74 Å². The molecule has 3 aromatic rings. The van der Waals surface area contributed by atoms with Gasteiger partial charge >= 0.3 is 0 Å². The van der Waals surface area contributed by atoms with Crippen LogP contribution in [0.3, 0.4) is 0 Å². The minimum atomic E-state index is -0.303. The zero-order valence-corrected chi connectivity index (χ0v) is 15.5. The van der Waals surface area contributed by atoms with Crippen molar-refractivity contribution in [2.24, 2.45) is 0 Å². The largest absolute Gasteiger partial charge is 0.494 e. The van der Waals surface area contributed by atoms with Gasteiger partial charge in [-0.3, -0.25) is 4.79 Å². The van der Waals surface area contributed by atoms with Crippen molar-refractivity contribution in [3.63, 3.8) is 0 Å². The molecule has 0 aliphatic carbocycles. The Hall–Kier alpha value is -3.48. The van der Waals surface area contributed by atoms with Crippen molar-refractivity contribution in [1.29, 1.82) is 0 Å². The number of ether oxygens (including phenoxy) is 1. The van der Waals surface area contributed by atoms with Crippen molar-refractivity contribution in [3.8, 4) is 5.75 Å². The highest BCUT2D eigenvalue weighted by molar-refractivity contribution is 5.92. The fraction of sp³-hybridized carbons (Fsp3) is 0.190. The third-order valence-electron chi connectivity index (χ3n) is 3.95. The number of nitrogens with zero attached hydrogens (tertiary/aromatic N) is 2. The highest BCUT2D eigenvalue weighted by Gasteiger charge is 2.08. The van der Waals surface area contributed by atoms with Gasteiger partial charge in [-0.15, -0.1) is 10.2 Å². The van der Waals surface area contributed by atoms with Crippen molar-refractivity contribution in [2.75, 3.05) is 18.5 Å². The second kappa shape index (κ2) is 9.45. The second-order valence-electron chi connectivity index (χ2n) is 6.02. The molecule has 0 bridgehead atoms. The Morgan fingerprint density at radius 1 is 1.00 bits per heavy atom. The molecule has 1 amide bonds. The minimum Gasteiger partial charge on any atom is -0.494 e. The molecule has 2 N–H and O–H groups in total. The van der Waals surface area contributed by atoms with Crippen LogP contribution in [-0.4, -0.2) is 29.3 Å². The predicted molar refractivity (Wildman–Crippen MR) is 105 cm³/mol. The summed E-state index contributed by atoms with van der Waals surface area (Å²) in [5.41, 5.74) is 2.02. The summed E-state index contributed by atoms with van der Waals surface area (Å²) in [5.74, 6) is 0.753. The first kappa shape index (κ1) is 19.3. The molecule has 1 aromatic heterocycles. The van der Waals surface area contributed by atoms with Crippen LogP contribution in [0.4, 0.5) is 15.9 Å². The Morgan fingerprint density at radius 2 is 1.75 bits per heavy atom. The lowest BCUT2D eigenvalue weighted by molar-refractivity contribution is 0.0948. The lowest BCUT2D eigenvalue weighted by atomic mass is 10.1. The Kier molecular flexibility index (Phi) is 6.51. The quantitative estimate of drug-likeness (QED) is 0.623.